The van der Waals surface area contributed by atoms with Gasteiger partial charge in [-0.2, -0.15) is 0 Å². The first kappa shape index (κ1) is 4.40. The van der Waals surface area contributed by atoms with E-state index in [-0.39, 0.29) is 0 Å². The van der Waals surface area contributed by atoms with Gasteiger partial charge in [0.25, 0.3) is 0 Å². The van der Waals surface area contributed by atoms with E-state index < -0.39 is 0 Å². The van der Waals surface area contributed by atoms with Crippen molar-refractivity contribution in [3.8, 4) is 0 Å². The molecule has 0 aliphatic carbocycles. The van der Waals surface area contributed by atoms with Crippen LogP contribution in [0.15, 0.2) is 24.4 Å². The Morgan fingerprint density at radius 2 is 2.43 bits per heavy atom. The maximum absolute atomic E-state index is 3.78. The highest BCUT2D eigenvalue weighted by Crippen LogP contribution is 1.76. The quantitative estimate of drug-likeness (QED) is 0.456. The molecular formula is C5H7N2. The third-order valence-corrected chi connectivity index (χ3v) is 0.708. The highest BCUT2D eigenvalue weighted by Gasteiger charge is 1.78. The minimum Gasteiger partial charge on any atom is -0.210 e. The molecule has 2 nitrogen and oxygen atoms in total. The van der Waals surface area contributed by atoms with Gasteiger partial charge in [-0.25, -0.2) is 10.9 Å². The van der Waals surface area contributed by atoms with Crippen LogP contribution in [0.25, 0.3) is 0 Å². The van der Waals surface area contributed by atoms with E-state index >= 15 is 0 Å². The van der Waals surface area contributed by atoms with Gasteiger partial charge >= 0.3 is 0 Å². The molecule has 1 aliphatic rings. The van der Waals surface area contributed by atoms with E-state index in [0.29, 0.717) is 0 Å². The number of nitrogens with zero attached hydrogens (tertiary/aromatic N) is 1. The average molecular weight is 95.1 g/mol. The summed E-state index contributed by atoms with van der Waals surface area (Å²) in [7, 11) is 0. The predicted molar refractivity (Wildman–Crippen MR) is 28.4 cm³/mol. The standard InChI is InChI=1S/C5H7N2/c1-2-4-6-7-5-3-1/h1-4,7H,5H2. The Bertz CT molecular complexity index is 82.3. The lowest BCUT2D eigenvalue weighted by atomic mass is 10.5. The maximum atomic E-state index is 3.78. The summed E-state index contributed by atoms with van der Waals surface area (Å²) in [6.07, 6.45) is 7.58. The molecule has 0 spiro atoms. The molecule has 2 heteroatoms. The van der Waals surface area contributed by atoms with Crippen LogP contribution < -0.4 is 10.9 Å². The molecule has 0 aromatic carbocycles. The first-order valence-electron chi connectivity index (χ1n) is 2.24. The largest absolute Gasteiger partial charge is 0.210 e. The molecule has 0 bridgehead atoms. The third-order valence-electron chi connectivity index (χ3n) is 0.708. The number of hydrogen-bond donors (Lipinski definition) is 1. The van der Waals surface area contributed by atoms with E-state index in [2.05, 4.69) is 10.9 Å². The summed E-state index contributed by atoms with van der Waals surface area (Å²) in [4.78, 5) is 0. The van der Waals surface area contributed by atoms with E-state index in [1.54, 1.807) is 6.20 Å². The maximum Gasteiger partial charge on any atom is 0.0412 e. The summed E-state index contributed by atoms with van der Waals surface area (Å²) in [6, 6.07) is 0. The second-order valence-electron chi connectivity index (χ2n) is 1.26. The Balaban J connectivity index is 2.39. The first-order chi connectivity index (χ1) is 3.50. The molecular weight excluding hydrogens is 88.1 g/mol. The highest BCUT2D eigenvalue weighted by molar-refractivity contribution is 5.03. The van der Waals surface area contributed by atoms with E-state index in [1.165, 1.54) is 0 Å². The van der Waals surface area contributed by atoms with Crippen LogP contribution in [-0.2, 0) is 0 Å². The van der Waals surface area contributed by atoms with Gasteiger partial charge in [-0.05, 0) is 6.08 Å². The SMILES string of the molecule is C1=CCN[N]C=C1. The Labute approximate surface area is 42.9 Å². The van der Waals surface area contributed by atoms with Crippen LogP contribution in [0.5, 0.6) is 0 Å². The summed E-state index contributed by atoms with van der Waals surface area (Å²) in [6.45, 7) is 0.840. The van der Waals surface area contributed by atoms with Crippen LogP contribution in [0, 0.1) is 0 Å². The Kier molecular flexibility index (Phi) is 1.52. The lowest BCUT2D eigenvalue weighted by Crippen LogP contribution is -2.18. The molecule has 0 unspecified atom stereocenters. The van der Waals surface area contributed by atoms with Gasteiger partial charge in [0, 0.05) is 12.7 Å². The van der Waals surface area contributed by atoms with Crippen LogP contribution in [0.3, 0.4) is 0 Å². The van der Waals surface area contributed by atoms with Crippen LogP contribution in [0.1, 0.15) is 0 Å². The van der Waals surface area contributed by atoms with Gasteiger partial charge in [-0.3, -0.25) is 0 Å². The zero-order valence-corrected chi connectivity index (χ0v) is 3.96. The van der Waals surface area contributed by atoms with Crippen molar-refractivity contribution < 1.29 is 0 Å². The van der Waals surface area contributed by atoms with Crippen molar-refractivity contribution in [3.05, 3.63) is 24.4 Å². The molecule has 1 heterocycles. The average Bonchev–Trinajstić information content (AvgIpc) is 1.90. The third kappa shape index (κ3) is 1.41. The van der Waals surface area contributed by atoms with E-state index in [1.807, 2.05) is 18.2 Å². The number of allylic oxidation sites excluding steroid dienone is 2. The van der Waals surface area contributed by atoms with Crippen LogP contribution in [-0.4, -0.2) is 6.54 Å². The highest BCUT2D eigenvalue weighted by atomic mass is 15.3. The zero-order valence-electron chi connectivity index (χ0n) is 3.96. The molecule has 1 N–H and O–H groups in total. The molecule has 0 saturated carbocycles. The molecule has 0 atom stereocenters. The van der Waals surface area contributed by atoms with E-state index in [4.69, 9.17) is 0 Å². The molecule has 1 aliphatic heterocycles. The molecule has 0 fully saturated rings. The lowest BCUT2D eigenvalue weighted by molar-refractivity contribution is 0.673. The Morgan fingerprint density at radius 1 is 1.43 bits per heavy atom. The lowest BCUT2D eigenvalue weighted by Gasteiger charge is -1.88. The van der Waals surface area contributed by atoms with Gasteiger partial charge in [-0.1, -0.05) is 12.2 Å². The molecule has 0 saturated heterocycles. The molecule has 0 amide bonds. The van der Waals surface area contributed by atoms with Gasteiger partial charge in [0.2, 0.25) is 0 Å². The molecule has 7 heavy (non-hydrogen) atoms. The molecule has 1 rings (SSSR count). The van der Waals surface area contributed by atoms with Gasteiger partial charge in [0.1, 0.15) is 0 Å². The topological polar surface area (TPSA) is 26.1 Å². The Hall–Kier alpha value is -0.760. The van der Waals surface area contributed by atoms with Gasteiger partial charge in [0.05, 0.1) is 0 Å². The first-order valence-corrected chi connectivity index (χ1v) is 2.24. The fraction of sp³-hybridized carbons (Fsp3) is 0.200. The summed E-state index contributed by atoms with van der Waals surface area (Å²) in [5.74, 6) is 0. The van der Waals surface area contributed by atoms with E-state index in [0.717, 1.165) is 6.54 Å². The second kappa shape index (κ2) is 2.42. The summed E-state index contributed by atoms with van der Waals surface area (Å²) >= 11 is 0. The van der Waals surface area contributed by atoms with Crippen molar-refractivity contribution >= 4 is 0 Å². The van der Waals surface area contributed by atoms with Gasteiger partial charge in [0.15, 0.2) is 0 Å². The number of rotatable bonds is 0. The second-order valence-corrected chi connectivity index (χ2v) is 1.26. The van der Waals surface area contributed by atoms with Gasteiger partial charge < -0.3 is 0 Å². The summed E-state index contributed by atoms with van der Waals surface area (Å²) in [5, 5.41) is 0. The van der Waals surface area contributed by atoms with Crippen molar-refractivity contribution in [1.29, 1.82) is 0 Å². The Morgan fingerprint density at radius 3 is 3.43 bits per heavy atom. The fourth-order valence-electron chi connectivity index (χ4n) is 0.397. The number of hydrogen-bond acceptors (Lipinski definition) is 1. The van der Waals surface area contributed by atoms with Crippen LogP contribution in [0.2, 0.25) is 0 Å². The fourth-order valence-corrected chi connectivity index (χ4v) is 0.397. The normalized spacial score (nSPS) is 18.3. The zero-order chi connectivity index (χ0) is 4.95. The summed E-state index contributed by atoms with van der Waals surface area (Å²) < 4.78 is 0. The number of nitrogens with one attached hydrogen (secondary N) is 1. The van der Waals surface area contributed by atoms with E-state index in [9.17, 15) is 0 Å². The minimum absolute atomic E-state index is 0.840. The van der Waals surface area contributed by atoms with Gasteiger partial charge in [-0.15, -0.1) is 0 Å². The van der Waals surface area contributed by atoms with Crippen molar-refractivity contribution in [2.75, 3.05) is 6.54 Å². The monoisotopic (exact) mass is 95.1 g/mol. The predicted octanol–water partition coefficient (Wildman–Crippen LogP) is 0.179. The molecule has 0 aromatic heterocycles. The minimum atomic E-state index is 0.840. The van der Waals surface area contributed by atoms with Crippen molar-refractivity contribution in [3.63, 3.8) is 0 Å². The molecule has 0 aromatic rings. The van der Waals surface area contributed by atoms with Crippen molar-refractivity contribution in [1.82, 2.24) is 10.9 Å². The smallest absolute Gasteiger partial charge is 0.0412 e. The van der Waals surface area contributed by atoms with Crippen LogP contribution >= 0.6 is 0 Å². The van der Waals surface area contributed by atoms with Crippen LogP contribution in [0.4, 0.5) is 0 Å². The van der Waals surface area contributed by atoms with Crippen molar-refractivity contribution in [2.45, 2.75) is 0 Å². The molecule has 37 valence electrons. The van der Waals surface area contributed by atoms with Crippen molar-refractivity contribution in [2.24, 2.45) is 0 Å². The summed E-state index contributed by atoms with van der Waals surface area (Å²) in [5.41, 5.74) is 6.58. The molecule has 1 radical (unpaired) electrons.